The van der Waals surface area contributed by atoms with Gasteiger partial charge in [-0.15, -0.1) is 0 Å². The lowest BCUT2D eigenvalue weighted by Gasteiger charge is -2.11. The van der Waals surface area contributed by atoms with Gasteiger partial charge in [-0.2, -0.15) is 0 Å². The normalized spacial score (nSPS) is 10.3. The molecule has 1 aromatic heterocycles. The Morgan fingerprint density at radius 2 is 1.89 bits per heavy atom. The molecule has 0 aliphatic carbocycles. The summed E-state index contributed by atoms with van der Waals surface area (Å²) < 4.78 is 11.2. The van der Waals surface area contributed by atoms with Crippen LogP contribution in [-0.4, -0.2) is 11.6 Å². The molecule has 0 aliphatic rings. The number of aromatic nitrogens is 1. The van der Waals surface area contributed by atoms with E-state index in [-0.39, 0.29) is 6.54 Å². The molecule has 0 spiro atoms. The maximum absolute atomic E-state index is 5.96. The summed E-state index contributed by atoms with van der Waals surface area (Å²) in [7, 11) is 0. The van der Waals surface area contributed by atoms with Gasteiger partial charge in [0.2, 0.25) is 5.88 Å². The van der Waals surface area contributed by atoms with E-state index in [0.29, 0.717) is 34.7 Å². The average Bonchev–Trinajstić information content (AvgIpc) is 2.43. The standard InChI is InChI=1S/C14H15ClN2O2/c1-2-18-12-5-3-4-6-13(12)19-14-8-7-10(15)11(9-16)17-14/h3-8H,2,9,16H2,1H3. The largest absolute Gasteiger partial charge is 0.490 e. The van der Waals surface area contributed by atoms with Gasteiger partial charge in [0.15, 0.2) is 11.5 Å². The third-order valence-corrected chi connectivity index (χ3v) is 2.79. The number of pyridine rings is 1. The first-order valence-electron chi connectivity index (χ1n) is 5.99. The summed E-state index contributed by atoms with van der Waals surface area (Å²) in [6.07, 6.45) is 0. The molecule has 2 N–H and O–H groups in total. The van der Waals surface area contributed by atoms with Crippen LogP contribution in [0.4, 0.5) is 0 Å². The van der Waals surface area contributed by atoms with E-state index in [9.17, 15) is 0 Å². The summed E-state index contributed by atoms with van der Waals surface area (Å²) in [6, 6.07) is 10.8. The van der Waals surface area contributed by atoms with E-state index < -0.39 is 0 Å². The van der Waals surface area contributed by atoms with E-state index in [0.717, 1.165) is 0 Å². The summed E-state index contributed by atoms with van der Waals surface area (Å²) in [5.74, 6) is 1.73. The minimum atomic E-state index is 0.267. The molecule has 0 saturated heterocycles. The molecule has 0 saturated carbocycles. The highest BCUT2D eigenvalue weighted by Gasteiger charge is 2.08. The number of hydrogen-bond donors (Lipinski definition) is 1. The van der Waals surface area contributed by atoms with Gasteiger partial charge >= 0.3 is 0 Å². The van der Waals surface area contributed by atoms with Gasteiger partial charge in [0.25, 0.3) is 0 Å². The van der Waals surface area contributed by atoms with Crippen LogP contribution in [0.3, 0.4) is 0 Å². The summed E-state index contributed by atoms with van der Waals surface area (Å²) >= 11 is 5.96. The zero-order valence-corrected chi connectivity index (χ0v) is 11.4. The van der Waals surface area contributed by atoms with E-state index in [2.05, 4.69) is 4.98 Å². The van der Waals surface area contributed by atoms with Gasteiger partial charge in [-0.25, -0.2) is 4.98 Å². The Labute approximate surface area is 117 Å². The lowest BCUT2D eigenvalue weighted by Crippen LogP contribution is -2.02. The fourth-order valence-electron chi connectivity index (χ4n) is 1.59. The summed E-state index contributed by atoms with van der Waals surface area (Å²) in [4.78, 5) is 4.25. The van der Waals surface area contributed by atoms with Crippen LogP contribution in [-0.2, 0) is 6.54 Å². The minimum absolute atomic E-state index is 0.267. The third kappa shape index (κ3) is 3.36. The van der Waals surface area contributed by atoms with Gasteiger partial charge in [0.1, 0.15) is 0 Å². The second kappa shape index (κ2) is 6.41. The van der Waals surface area contributed by atoms with Crippen LogP contribution in [0.5, 0.6) is 17.4 Å². The van der Waals surface area contributed by atoms with E-state index in [1.807, 2.05) is 31.2 Å². The van der Waals surface area contributed by atoms with Crippen LogP contribution >= 0.6 is 11.6 Å². The van der Waals surface area contributed by atoms with Gasteiger partial charge in [-0.05, 0) is 25.1 Å². The molecule has 2 rings (SSSR count). The summed E-state index contributed by atoms with van der Waals surface area (Å²) in [6.45, 7) is 2.76. The monoisotopic (exact) mass is 278 g/mol. The van der Waals surface area contributed by atoms with Crippen LogP contribution < -0.4 is 15.2 Å². The quantitative estimate of drug-likeness (QED) is 0.911. The molecule has 0 aliphatic heterocycles. The number of hydrogen-bond acceptors (Lipinski definition) is 4. The molecular weight excluding hydrogens is 264 g/mol. The van der Waals surface area contributed by atoms with E-state index in [1.165, 1.54) is 0 Å². The van der Waals surface area contributed by atoms with Crippen molar-refractivity contribution in [2.75, 3.05) is 6.61 Å². The Morgan fingerprint density at radius 3 is 2.58 bits per heavy atom. The van der Waals surface area contributed by atoms with Crippen molar-refractivity contribution in [2.24, 2.45) is 5.73 Å². The van der Waals surface area contributed by atoms with Crippen molar-refractivity contribution in [3.63, 3.8) is 0 Å². The van der Waals surface area contributed by atoms with Crippen LogP contribution in [0.2, 0.25) is 5.02 Å². The van der Waals surface area contributed by atoms with Gasteiger partial charge < -0.3 is 15.2 Å². The Hall–Kier alpha value is -1.78. The number of benzene rings is 1. The Bertz CT molecular complexity index is 561. The highest BCUT2D eigenvalue weighted by Crippen LogP contribution is 2.31. The molecule has 4 nitrogen and oxygen atoms in total. The van der Waals surface area contributed by atoms with Crippen LogP contribution in [0.15, 0.2) is 36.4 Å². The molecule has 5 heteroatoms. The van der Waals surface area contributed by atoms with Crippen molar-refractivity contribution in [3.8, 4) is 17.4 Å². The molecule has 1 aromatic carbocycles. The molecule has 0 bridgehead atoms. The van der Waals surface area contributed by atoms with Crippen LogP contribution in [0, 0.1) is 0 Å². The number of nitrogens with zero attached hydrogens (tertiary/aromatic N) is 1. The van der Waals surface area contributed by atoms with Crippen molar-refractivity contribution in [1.82, 2.24) is 4.98 Å². The first-order valence-corrected chi connectivity index (χ1v) is 6.37. The smallest absolute Gasteiger partial charge is 0.219 e. The molecule has 2 aromatic rings. The second-order valence-corrected chi connectivity index (χ2v) is 4.17. The van der Waals surface area contributed by atoms with Gasteiger partial charge in [-0.1, -0.05) is 23.7 Å². The molecule has 0 radical (unpaired) electrons. The highest BCUT2D eigenvalue weighted by molar-refractivity contribution is 6.31. The lowest BCUT2D eigenvalue weighted by molar-refractivity contribution is 0.319. The van der Waals surface area contributed by atoms with Crippen molar-refractivity contribution in [3.05, 3.63) is 47.1 Å². The topological polar surface area (TPSA) is 57.4 Å². The maximum Gasteiger partial charge on any atom is 0.219 e. The molecule has 0 amide bonds. The summed E-state index contributed by atoms with van der Waals surface area (Å²) in [5.41, 5.74) is 6.17. The SMILES string of the molecule is CCOc1ccccc1Oc1ccc(Cl)c(CN)n1. The maximum atomic E-state index is 5.96. The van der Waals surface area contributed by atoms with Crippen molar-refractivity contribution in [2.45, 2.75) is 13.5 Å². The first-order chi connectivity index (χ1) is 9.24. The fourth-order valence-corrected chi connectivity index (χ4v) is 1.77. The minimum Gasteiger partial charge on any atom is -0.490 e. The second-order valence-electron chi connectivity index (χ2n) is 3.76. The molecule has 0 fully saturated rings. The van der Waals surface area contributed by atoms with E-state index >= 15 is 0 Å². The van der Waals surface area contributed by atoms with Crippen LogP contribution in [0.25, 0.3) is 0 Å². The number of nitrogens with two attached hydrogens (primary N) is 1. The predicted molar refractivity (Wildman–Crippen MR) is 74.8 cm³/mol. The lowest BCUT2D eigenvalue weighted by atomic mass is 10.3. The molecule has 19 heavy (non-hydrogen) atoms. The average molecular weight is 279 g/mol. The van der Waals surface area contributed by atoms with Crippen molar-refractivity contribution >= 4 is 11.6 Å². The number of rotatable bonds is 5. The third-order valence-electron chi connectivity index (χ3n) is 2.45. The van der Waals surface area contributed by atoms with E-state index in [4.69, 9.17) is 26.8 Å². The number of halogens is 1. The Balaban J connectivity index is 2.26. The zero-order chi connectivity index (χ0) is 13.7. The Morgan fingerprint density at radius 1 is 1.16 bits per heavy atom. The highest BCUT2D eigenvalue weighted by atomic mass is 35.5. The Kier molecular flexibility index (Phi) is 4.60. The van der Waals surface area contributed by atoms with Crippen molar-refractivity contribution in [1.29, 1.82) is 0 Å². The zero-order valence-electron chi connectivity index (χ0n) is 10.6. The van der Waals surface area contributed by atoms with E-state index in [1.54, 1.807) is 12.1 Å². The number of para-hydroxylation sites is 2. The summed E-state index contributed by atoms with van der Waals surface area (Å²) in [5, 5.41) is 0.535. The fraction of sp³-hybridized carbons (Fsp3) is 0.214. The van der Waals surface area contributed by atoms with Crippen molar-refractivity contribution < 1.29 is 9.47 Å². The predicted octanol–water partition coefficient (Wildman–Crippen LogP) is 3.38. The molecule has 0 atom stereocenters. The molecular formula is C14H15ClN2O2. The van der Waals surface area contributed by atoms with Gasteiger partial charge in [-0.3, -0.25) is 0 Å². The van der Waals surface area contributed by atoms with Crippen LogP contribution in [0.1, 0.15) is 12.6 Å². The molecule has 0 unspecified atom stereocenters. The first kappa shape index (κ1) is 13.6. The van der Waals surface area contributed by atoms with Gasteiger partial charge in [0.05, 0.1) is 17.3 Å². The molecule has 100 valence electrons. The molecule has 1 heterocycles. The number of ether oxygens (including phenoxy) is 2. The van der Waals surface area contributed by atoms with Gasteiger partial charge in [0, 0.05) is 12.6 Å².